The van der Waals surface area contributed by atoms with Gasteiger partial charge in [0.25, 0.3) is 0 Å². The van der Waals surface area contributed by atoms with Crippen molar-refractivity contribution in [3.63, 3.8) is 0 Å². The molecule has 0 radical (unpaired) electrons. The molecule has 0 saturated carbocycles. The van der Waals surface area contributed by atoms with Crippen molar-refractivity contribution in [1.82, 2.24) is 20.6 Å². The molecule has 410 valence electrons. The molecule has 0 aromatic carbocycles. The van der Waals surface area contributed by atoms with Gasteiger partial charge in [0.2, 0.25) is 0 Å². The van der Waals surface area contributed by atoms with Gasteiger partial charge in [-0.2, -0.15) is 11.8 Å². The van der Waals surface area contributed by atoms with Crippen LogP contribution in [0, 0.1) is 40.9 Å². The summed E-state index contributed by atoms with van der Waals surface area (Å²) in [4.78, 5) is 0. The molecule has 8 N–H and O–H groups in total. The average Bonchev–Trinajstić information content (AvgIpc) is 4.19. The number of alkyl halides is 2. The van der Waals surface area contributed by atoms with Gasteiger partial charge in [0, 0.05) is 66.5 Å². The number of nitrogens with two attached hydrogens (primary N) is 4. The van der Waals surface area contributed by atoms with Crippen molar-refractivity contribution in [2.45, 2.75) is 198 Å². The van der Waals surface area contributed by atoms with E-state index in [1.807, 2.05) is 30.0 Å². The van der Waals surface area contributed by atoms with Crippen LogP contribution in [0.4, 0.5) is 23.3 Å². The number of thioether (sulfide) groups is 1. The number of aromatic nitrogens is 4. The van der Waals surface area contributed by atoms with Crippen LogP contribution in [0.25, 0.3) is 0 Å². The number of hydrogen-bond acceptors (Lipinski definition) is 14. The molecule has 0 aliphatic heterocycles. The average molecular weight is 1190 g/mol. The van der Waals surface area contributed by atoms with E-state index in [0.717, 1.165) is 78.8 Å². The Hall–Kier alpha value is -2.44. The lowest BCUT2D eigenvalue weighted by molar-refractivity contribution is 0.0588. The highest BCUT2D eigenvalue weighted by Crippen LogP contribution is 2.52. The summed E-state index contributed by atoms with van der Waals surface area (Å²) in [6, 6.07) is 7.44. The van der Waals surface area contributed by atoms with Crippen LogP contribution in [0.3, 0.4) is 0 Å². The number of nitrogen functional groups attached to an aromatic ring is 4. The van der Waals surface area contributed by atoms with E-state index in [1.54, 1.807) is 6.07 Å². The van der Waals surface area contributed by atoms with E-state index in [1.165, 1.54) is 62.2 Å². The fourth-order valence-electron chi connectivity index (χ4n) is 10.0. The Morgan fingerprint density at radius 1 is 0.662 bits per heavy atom. The third-order valence-electron chi connectivity index (χ3n) is 14.7. The van der Waals surface area contributed by atoms with Gasteiger partial charge in [-0.1, -0.05) is 188 Å². The van der Waals surface area contributed by atoms with Crippen LogP contribution < -0.4 is 22.9 Å². The molecule has 71 heavy (non-hydrogen) atoms. The number of anilines is 4. The number of hydrogen-bond donors (Lipinski definition) is 4. The molecule has 0 amide bonds. The van der Waals surface area contributed by atoms with Crippen molar-refractivity contribution in [2.24, 2.45) is 40.9 Å². The maximum Gasteiger partial charge on any atom is 0.167 e. The molecular weight excluding hydrogens is 1090 g/mol. The van der Waals surface area contributed by atoms with Gasteiger partial charge in [0.05, 0.1) is 0 Å². The summed E-state index contributed by atoms with van der Waals surface area (Å²) in [5, 5.41) is 16.2. The zero-order valence-electron chi connectivity index (χ0n) is 46.7. The molecule has 0 fully saturated rings. The summed E-state index contributed by atoms with van der Waals surface area (Å²) in [5.74, 6) is 12.3. The third kappa shape index (κ3) is 23.3. The fraction of sp³-hybridized carbons (Fsp3) is 0.782. The maximum atomic E-state index is 5.74. The standard InChI is InChI=1S/C16H29BrN2O.C15H27IN2O.C14H26N2O2.C10H18N2OS/c1-6-13(11(4)10-17)16(7-2,8-3)12(5)14-9-15(18)19-20-14;1-3-8-15(9-4-2,10-6-5-7-11-16)13-12-14(17)18-19-13;1-10(2)9-17-6-5-11(3)12(4)7-13-8-14(15)16-18-13;1-4-14-6-7(2)8(3)9-5-10(11)12-13-9/h9,11-13H,6-8,10H2,1-5H3,(H2,18,19);12H,3-11H2,1-2H3,(H2,17,18);8,10-12H,5-7,9H2,1-4H3,(H2,15,16);5,7-8H,4,6H2,1-3H3,(H2,11,12). The van der Waals surface area contributed by atoms with Crippen molar-refractivity contribution < 1.29 is 22.8 Å². The highest BCUT2D eigenvalue weighted by molar-refractivity contribution is 14.1. The van der Waals surface area contributed by atoms with Gasteiger partial charge in [-0.05, 0) is 102 Å². The molecule has 4 aromatic rings. The van der Waals surface area contributed by atoms with E-state index in [2.05, 4.69) is 156 Å². The van der Waals surface area contributed by atoms with Gasteiger partial charge in [-0.15, -0.1) is 0 Å². The highest BCUT2D eigenvalue weighted by Gasteiger charge is 2.44. The van der Waals surface area contributed by atoms with Crippen LogP contribution in [0.5, 0.6) is 0 Å². The topological polar surface area (TPSA) is 217 Å². The Labute approximate surface area is 457 Å². The summed E-state index contributed by atoms with van der Waals surface area (Å²) < 4.78 is 28.1. The predicted molar refractivity (Wildman–Crippen MR) is 314 cm³/mol. The quantitative estimate of drug-likeness (QED) is 0.0209. The molecule has 16 heteroatoms. The molecule has 7 atom stereocenters. The first kappa shape index (κ1) is 66.6. The number of unbranched alkanes of at least 4 members (excludes halogenated alkanes) is 2. The number of halogens is 2. The van der Waals surface area contributed by atoms with Crippen LogP contribution in [0.15, 0.2) is 42.4 Å². The smallest absolute Gasteiger partial charge is 0.167 e. The summed E-state index contributed by atoms with van der Waals surface area (Å²) in [5.41, 5.74) is 22.9. The second-order valence-corrected chi connectivity index (χ2v) is 23.6. The fourth-order valence-corrected chi connectivity index (χ4v) is 11.9. The van der Waals surface area contributed by atoms with E-state index < -0.39 is 0 Å². The van der Waals surface area contributed by atoms with Gasteiger partial charge < -0.3 is 45.8 Å². The first-order valence-electron chi connectivity index (χ1n) is 26.9. The first-order chi connectivity index (χ1) is 33.8. The second kappa shape index (κ2) is 36.5. The van der Waals surface area contributed by atoms with Gasteiger partial charge >= 0.3 is 0 Å². The van der Waals surface area contributed by atoms with Gasteiger partial charge in [-0.3, -0.25) is 0 Å². The van der Waals surface area contributed by atoms with Crippen molar-refractivity contribution in [3.8, 4) is 0 Å². The molecule has 4 aromatic heterocycles. The molecule has 13 nitrogen and oxygen atoms in total. The third-order valence-corrected chi connectivity index (χ3v) is 17.7. The van der Waals surface area contributed by atoms with Gasteiger partial charge in [0.15, 0.2) is 23.3 Å². The highest BCUT2D eigenvalue weighted by atomic mass is 127. The van der Waals surface area contributed by atoms with E-state index in [9.17, 15) is 0 Å². The number of nitrogens with zero attached hydrogens (tertiary/aromatic N) is 4. The molecular formula is C55H100BrIN8O5S. The minimum absolute atomic E-state index is 0.152. The molecule has 0 aliphatic carbocycles. The first-order valence-corrected chi connectivity index (χ1v) is 30.7. The Morgan fingerprint density at radius 3 is 1.68 bits per heavy atom. The van der Waals surface area contributed by atoms with E-state index >= 15 is 0 Å². The normalized spacial score (nSPS) is 14.8. The minimum Gasteiger partial charge on any atom is -0.381 e. The van der Waals surface area contributed by atoms with E-state index in [0.29, 0.717) is 70.6 Å². The van der Waals surface area contributed by atoms with Crippen LogP contribution in [0.1, 0.15) is 209 Å². The molecule has 7 unspecified atom stereocenters. The molecule has 0 aliphatic rings. The Morgan fingerprint density at radius 2 is 1.23 bits per heavy atom. The van der Waals surface area contributed by atoms with Crippen LogP contribution in [-0.4, -0.2) is 55.1 Å². The zero-order valence-corrected chi connectivity index (χ0v) is 51.2. The van der Waals surface area contributed by atoms with Gasteiger partial charge in [0.1, 0.15) is 23.0 Å². The van der Waals surface area contributed by atoms with Crippen LogP contribution in [-0.2, 0) is 16.6 Å². The number of ether oxygens (including phenoxy) is 1. The molecule has 4 heterocycles. The summed E-state index contributed by atoms with van der Waals surface area (Å²) in [6.45, 7) is 33.0. The number of rotatable bonds is 31. The molecule has 0 spiro atoms. The van der Waals surface area contributed by atoms with E-state index in [-0.39, 0.29) is 10.8 Å². The molecule has 0 saturated heterocycles. The zero-order chi connectivity index (χ0) is 53.6. The lowest BCUT2D eigenvalue weighted by Gasteiger charge is -2.46. The van der Waals surface area contributed by atoms with Crippen molar-refractivity contribution in [2.75, 3.05) is 57.4 Å². The van der Waals surface area contributed by atoms with Crippen LogP contribution in [0.2, 0.25) is 0 Å². The summed E-state index contributed by atoms with van der Waals surface area (Å²) >= 11 is 8.06. The maximum absolute atomic E-state index is 5.74. The van der Waals surface area contributed by atoms with Crippen LogP contribution >= 0.6 is 50.3 Å². The Balaban J connectivity index is 0.000000477. The van der Waals surface area contributed by atoms with Crippen molar-refractivity contribution in [3.05, 3.63) is 47.3 Å². The Bertz CT molecular complexity index is 1900. The lowest BCUT2D eigenvalue weighted by atomic mass is 9.59. The predicted octanol–water partition coefficient (Wildman–Crippen LogP) is 16.2. The Kier molecular flexibility index (Phi) is 34.2. The SMILES string of the molecule is CC(C)COCCC(C)C(C)Cc1cc(N)no1.CCC(C(C)CBr)C(CC)(CC)C(C)c1cc(N)no1.CCCC(CCC)(CCCCCI)c1cc(N)no1.CCSCC(C)C(C)c1cc(N)no1. The second-order valence-electron chi connectivity index (χ2n) is 20.6. The monoisotopic (exact) mass is 1190 g/mol. The van der Waals surface area contributed by atoms with Crippen molar-refractivity contribution >= 4 is 73.6 Å². The molecule has 0 bridgehead atoms. The molecule has 4 rings (SSSR count). The van der Waals surface area contributed by atoms with Crippen molar-refractivity contribution in [1.29, 1.82) is 0 Å². The largest absolute Gasteiger partial charge is 0.381 e. The van der Waals surface area contributed by atoms with Gasteiger partial charge in [-0.25, -0.2) is 0 Å². The minimum atomic E-state index is 0.152. The lowest BCUT2D eigenvalue weighted by Crippen LogP contribution is -2.38. The summed E-state index contributed by atoms with van der Waals surface area (Å²) in [6.07, 6.45) is 15.2. The van der Waals surface area contributed by atoms with E-state index in [4.69, 9.17) is 45.8 Å². The summed E-state index contributed by atoms with van der Waals surface area (Å²) in [7, 11) is 0.